The molecule has 2 amide bonds. The van der Waals surface area contributed by atoms with Crippen molar-refractivity contribution >= 4 is 11.7 Å². The second kappa shape index (κ2) is 7.40. The van der Waals surface area contributed by atoms with E-state index < -0.39 is 0 Å². The lowest BCUT2D eigenvalue weighted by atomic mass is 9.95. The Labute approximate surface area is 155 Å². The smallest absolute Gasteiger partial charge is 0.322 e. The number of likely N-dealkylation sites (tertiary alicyclic amines) is 1. The molecule has 4 heteroatoms. The Morgan fingerprint density at radius 3 is 2.50 bits per heavy atom. The third kappa shape index (κ3) is 3.41. The molecule has 2 fully saturated rings. The highest BCUT2D eigenvalue weighted by Crippen LogP contribution is 2.35. The predicted octanol–water partition coefficient (Wildman–Crippen LogP) is 5.30. The van der Waals surface area contributed by atoms with E-state index in [-0.39, 0.29) is 12.1 Å². The van der Waals surface area contributed by atoms with Gasteiger partial charge in [-0.15, -0.1) is 0 Å². The molecule has 2 aromatic carbocycles. The zero-order valence-electron chi connectivity index (χ0n) is 15.3. The van der Waals surface area contributed by atoms with Gasteiger partial charge in [0.1, 0.15) is 5.75 Å². The zero-order chi connectivity index (χ0) is 17.9. The molecule has 1 unspecified atom stereocenters. The molecule has 136 valence electrons. The average Bonchev–Trinajstić information content (AvgIpc) is 3.11. The Hall–Kier alpha value is -2.49. The van der Waals surface area contributed by atoms with Gasteiger partial charge in [0.25, 0.3) is 0 Å². The molecule has 0 bridgehead atoms. The van der Waals surface area contributed by atoms with Crippen LogP contribution in [0.25, 0.3) is 0 Å². The van der Waals surface area contributed by atoms with Gasteiger partial charge in [-0.2, -0.15) is 0 Å². The van der Waals surface area contributed by atoms with Crippen LogP contribution in [0.4, 0.5) is 10.5 Å². The number of carbonyl (C=O) groups is 1. The number of urea groups is 1. The van der Waals surface area contributed by atoms with Gasteiger partial charge in [0.05, 0.1) is 12.1 Å². The number of hydrogen-bond acceptors (Lipinski definition) is 2. The quantitative estimate of drug-likeness (QED) is 0.813. The van der Waals surface area contributed by atoms with Gasteiger partial charge in [-0.3, -0.25) is 0 Å². The molecule has 4 rings (SSSR count). The fraction of sp³-hybridized carbons (Fsp3) is 0.409. The summed E-state index contributed by atoms with van der Waals surface area (Å²) in [5.74, 6) is 0.887. The van der Waals surface area contributed by atoms with Crippen molar-refractivity contribution in [1.82, 2.24) is 4.90 Å². The average molecular weight is 350 g/mol. The molecule has 1 aliphatic heterocycles. The highest BCUT2D eigenvalue weighted by Gasteiger charge is 2.33. The van der Waals surface area contributed by atoms with Crippen molar-refractivity contribution in [3.8, 4) is 5.75 Å². The first-order chi connectivity index (χ1) is 12.7. The van der Waals surface area contributed by atoms with E-state index in [1.165, 1.54) is 18.4 Å². The Balaban J connectivity index is 1.44. The molecule has 0 spiro atoms. The number of anilines is 1. The third-order valence-corrected chi connectivity index (χ3v) is 5.59. The van der Waals surface area contributed by atoms with E-state index in [1.54, 1.807) is 0 Å². The number of nitrogens with one attached hydrogen (secondary N) is 1. The summed E-state index contributed by atoms with van der Waals surface area (Å²) in [7, 11) is 0. The van der Waals surface area contributed by atoms with E-state index in [2.05, 4.69) is 17.4 Å². The van der Waals surface area contributed by atoms with Gasteiger partial charge >= 0.3 is 6.03 Å². The summed E-state index contributed by atoms with van der Waals surface area (Å²) >= 11 is 0. The first kappa shape index (κ1) is 17.0. The summed E-state index contributed by atoms with van der Waals surface area (Å²) in [6, 6.07) is 16.3. The lowest BCUT2D eigenvalue weighted by Crippen LogP contribution is -2.47. The fourth-order valence-electron chi connectivity index (χ4n) is 3.90. The second-order valence-corrected chi connectivity index (χ2v) is 7.29. The fourth-order valence-corrected chi connectivity index (χ4v) is 3.90. The third-order valence-electron chi connectivity index (χ3n) is 5.59. The highest BCUT2D eigenvalue weighted by atomic mass is 16.5. The predicted molar refractivity (Wildman–Crippen MR) is 104 cm³/mol. The summed E-state index contributed by atoms with van der Waals surface area (Å²) in [6.07, 6.45) is 6.08. The van der Waals surface area contributed by atoms with Crippen LogP contribution in [-0.2, 0) is 0 Å². The highest BCUT2D eigenvalue weighted by molar-refractivity contribution is 5.91. The summed E-state index contributed by atoms with van der Waals surface area (Å²) < 4.78 is 6.15. The second-order valence-electron chi connectivity index (χ2n) is 7.29. The molecule has 4 nitrogen and oxygen atoms in total. The van der Waals surface area contributed by atoms with Gasteiger partial charge in [0, 0.05) is 17.8 Å². The molecular formula is C22H26N2O2. The van der Waals surface area contributed by atoms with Crippen LogP contribution < -0.4 is 10.1 Å². The molecule has 0 radical (unpaired) electrons. The van der Waals surface area contributed by atoms with E-state index in [1.807, 2.05) is 48.2 Å². The molecule has 26 heavy (non-hydrogen) atoms. The van der Waals surface area contributed by atoms with Crippen molar-refractivity contribution in [2.24, 2.45) is 0 Å². The van der Waals surface area contributed by atoms with Crippen LogP contribution in [-0.4, -0.2) is 23.6 Å². The first-order valence-corrected chi connectivity index (χ1v) is 9.61. The lowest BCUT2D eigenvalue weighted by molar-refractivity contribution is 0.126. The normalized spacial score (nSPS) is 19.9. The van der Waals surface area contributed by atoms with Gasteiger partial charge in [0.15, 0.2) is 0 Å². The number of nitrogens with zero attached hydrogens (tertiary/aromatic N) is 1. The Morgan fingerprint density at radius 2 is 1.81 bits per heavy atom. The van der Waals surface area contributed by atoms with Gasteiger partial charge in [-0.1, -0.05) is 36.4 Å². The number of amides is 2. The molecular weight excluding hydrogens is 324 g/mol. The largest absolute Gasteiger partial charge is 0.490 e. The molecule has 1 heterocycles. The maximum atomic E-state index is 12.8. The number of rotatable bonds is 4. The topological polar surface area (TPSA) is 41.6 Å². The Bertz CT molecular complexity index is 769. The summed E-state index contributed by atoms with van der Waals surface area (Å²) in [5.41, 5.74) is 3.04. The Kier molecular flexibility index (Phi) is 4.83. The summed E-state index contributed by atoms with van der Waals surface area (Å²) in [4.78, 5) is 14.7. The summed E-state index contributed by atoms with van der Waals surface area (Å²) in [6.45, 7) is 2.81. The number of ether oxygens (including phenoxy) is 1. The van der Waals surface area contributed by atoms with Crippen LogP contribution in [0.1, 0.15) is 49.3 Å². The van der Waals surface area contributed by atoms with E-state index >= 15 is 0 Å². The number of hydrogen-bond donors (Lipinski definition) is 1. The maximum Gasteiger partial charge on any atom is 0.322 e. The van der Waals surface area contributed by atoms with Crippen molar-refractivity contribution in [1.29, 1.82) is 0 Å². The number of benzene rings is 2. The van der Waals surface area contributed by atoms with E-state index in [0.29, 0.717) is 6.10 Å². The molecule has 1 atom stereocenters. The van der Waals surface area contributed by atoms with Crippen molar-refractivity contribution in [3.05, 3.63) is 59.7 Å². The van der Waals surface area contributed by atoms with Crippen LogP contribution in [0.5, 0.6) is 5.75 Å². The van der Waals surface area contributed by atoms with Crippen molar-refractivity contribution in [2.45, 2.75) is 51.2 Å². The minimum atomic E-state index is -0.0359. The van der Waals surface area contributed by atoms with E-state index in [4.69, 9.17) is 4.74 Å². The molecule has 1 saturated carbocycles. The van der Waals surface area contributed by atoms with Crippen molar-refractivity contribution in [2.75, 3.05) is 11.9 Å². The van der Waals surface area contributed by atoms with Crippen LogP contribution in [0.15, 0.2) is 48.5 Å². The molecule has 2 aliphatic rings. The molecule has 1 saturated heterocycles. The van der Waals surface area contributed by atoms with Crippen LogP contribution in [0, 0.1) is 6.92 Å². The van der Waals surface area contributed by atoms with Gasteiger partial charge < -0.3 is 15.0 Å². The molecule has 0 aromatic heterocycles. The van der Waals surface area contributed by atoms with Crippen molar-refractivity contribution in [3.63, 3.8) is 0 Å². The van der Waals surface area contributed by atoms with Crippen LogP contribution in [0.2, 0.25) is 0 Å². The van der Waals surface area contributed by atoms with Crippen molar-refractivity contribution < 1.29 is 9.53 Å². The SMILES string of the molecule is Cc1c(NC(=O)N2CCC2c2ccccc2)cccc1OC1CCCC1. The standard InChI is InChI=1S/C22H26N2O2/c1-16-19(12-7-13-21(16)26-18-10-5-6-11-18)23-22(25)24-15-14-20(24)17-8-3-2-4-9-17/h2-4,7-9,12-13,18,20H,5-6,10-11,14-15H2,1H3,(H,23,25). The lowest BCUT2D eigenvalue weighted by Gasteiger charge is -2.41. The number of carbonyl (C=O) groups excluding carboxylic acids is 1. The van der Waals surface area contributed by atoms with E-state index in [0.717, 1.165) is 42.8 Å². The van der Waals surface area contributed by atoms with Gasteiger partial charge in [-0.05, 0) is 56.7 Å². The first-order valence-electron chi connectivity index (χ1n) is 9.61. The summed E-state index contributed by atoms with van der Waals surface area (Å²) in [5, 5.41) is 3.08. The molecule has 2 aromatic rings. The minimum Gasteiger partial charge on any atom is -0.490 e. The van der Waals surface area contributed by atoms with E-state index in [9.17, 15) is 4.79 Å². The maximum absolute atomic E-state index is 12.8. The minimum absolute atomic E-state index is 0.0359. The molecule has 1 aliphatic carbocycles. The van der Waals surface area contributed by atoms with Gasteiger partial charge in [-0.25, -0.2) is 4.79 Å². The van der Waals surface area contributed by atoms with Crippen LogP contribution >= 0.6 is 0 Å². The van der Waals surface area contributed by atoms with Gasteiger partial charge in [0.2, 0.25) is 0 Å². The zero-order valence-corrected chi connectivity index (χ0v) is 15.3. The molecule has 1 N–H and O–H groups in total. The Morgan fingerprint density at radius 1 is 1.04 bits per heavy atom. The van der Waals surface area contributed by atoms with Crippen LogP contribution in [0.3, 0.4) is 0 Å². The monoisotopic (exact) mass is 350 g/mol.